The first kappa shape index (κ1) is 14.4. The van der Waals surface area contributed by atoms with Crippen LogP contribution >= 0.6 is 0 Å². The summed E-state index contributed by atoms with van der Waals surface area (Å²) in [6.45, 7) is 4.53. The largest absolute Gasteiger partial charge is 0.491 e. The summed E-state index contributed by atoms with van der Waals surface area (Å²) in [5, 5.41) is 3.02. The van der Waals surface area contributed by atoms with Gasteiger partial charge in [0.05, 0.1) is 24.4 Å². The lowest BCUT2D eigenvalue weighted by Crippen LogP contribution is -2.32. The lowest BCUT2D eigenvalue weighted by Gasteiger charge is -2.21. The number of carbonyl (C=O) groups is 1. The standard InChI is InChI=1S/C13H20N2O3/c1-13(2,12(16)17-4)9-18-11-6-5-10(7-14-3)15-8-11/h5-6,8,14H,7,9H2,1-4H3. The van der Waals surface area contributed by atoms with Crippen LogP contribution in [0.2, 0.25) is 0 Å². The van der Waals surface area contributed by atoms with Crippen LogP contribution in [-0.4, -0.2) is 31.7 Å². The van der Waals surface area contributed by atoms with Gasteiger partial charge in [-0.3, -0.25) is 9.78 Å². The molecule has 0 saturated carbocycles. The van der Waals surface area contributed by atoms with E-state index in [-0.39, 0.29) is 12.6 Å². The highest BCUT2D eigenvalue weighted by Gasteiger charge is 2.29. The quantitative estimate of drug-likeness (QED) is 0.775. The van der Waals surface area contributed by atoms with Gasteiger partial charge in [-0.15, -0.1) is 0 Å². The number of carbonyl (C=O) groups excluding carboxylic acids is 1. The summed E-state index contributed by atoms with van der Waals surface area (Å²) < 4.78 is 10.3. The van der Waals surface area contributed by atoms with Gasteiger partial charge in [0.1, 0.15) is 12.4 Å². The molecule has 100 valence electrons. The van der Waals surface area contributed by atoms with Gasteiger partial charge >= 0.3 is 5.97 Å². The van der Waals surface area contributed by atoms with Crippen LogP contribution < -0.4 is 10.1 Å². The van der Waals surface area contributed by atoms with Crippen molar-refractivity contribution < 1.29 is 14.3 Å². The molecule has 0 aliphatic carbocycles. The van der Waals surface area contributed by atoms with Crippen LogP contribution in [0.5, 0.6) is 5.75 Å². The molecule has 0 fully saturated rings. The van der Waals surface area contributed by atoms with E-state index in [9.17, 15) is 4.79 Å². The molecule has 18 heavy (non-hydrogen) atoms. The SMILES string of the molecule is CNCc1ccc(OCC(C)(C)C(=O)OC)cn1. The predicted octanol–water partition coefficient (Wildman–Crippen LogP) is 1.38. The molecule has 1 aromatic heterocycles. The summed E-state index contributed by atoms with van der Waals surface area (Å²) >= 11 is 0. The zero-order valence-electron chi connectivity index (χ0n) is 11.3. The maximum absolute atomic E-state index is 11.5. The van der Waals surface area contributed by atoms with Gasteiger partial charge in [0.2, 0.25) is 0 Å². The van der Waals surface area contributed by atoms with Crippen LogP contribution in [0.4, 0.5) is 0 Å². The van der Waals surface area contributed by atoms with Crippen molar-refractivity contribution in [3.8, 4) is 5.75 Å². The minimum absolute atomic E-state index is 0.257. The predicted molar refractivity (Wildman–Crippen MR) is 68.3 cm³/mol. The van der Waals surface area contributed by atoms with Crippen LogP contribution in [0.1, 0.15) is 19.5 Å². The molecule has 0 spiro atoms. The number of pyridine rings is 1. The summed E-state index contributed by atoms with van der Waals surface area (Å²) in [7, 11) is 3.24. The first-order valence-electron chi connectivity index (χ1n) is 5.80. The van der Waals surface area contributed by atoms with Crippen LogP contribution in [0.15, 0.2) is 18.3 Å². The van der Waals surface area contributed by atoms with Gasteiger partial charge in [0, 0.05) is 6.54 Å². The van der Waals surface area contributed by atoms with E-state index in [1.807, 2.05) is 19.2 Å². The summed E-state index contributed by atoms with van der Waals surface area (Å²) in [4.78, 5) is 15.7. The summed E-state index contributed by atoms with van der Waals surface area (Å²) in [5.74, 6) is 0.356. The van der Waals surface area contributed by atoms with Crippen molar-refractivity contribution in [1.29, 1.82) is 0 Å². The Kier molecular flexibility index (Phi) is 5.09. The second-order valence-corrected chi connectivity index (χ2v) is 4.68. The summed E-state index contributed by atoms with van der Waals surface area (Å²) in [6, 6.07) is 3.73. The summed E-state index contributed by atoms with van der Waals surface area (Å²) in [6.07, 6.45) is 1.65. The molecule has 1 aromatic rings. The maximum Gasteiger partial charge on any atom is 0.314 e. The molecule has 0 radical (unpaired) electrons. The fraction of sp³-hybridized carbons (Fsp3) is 0.538. The van der Waals surface area contributed by atoms with Gasteiger partial charge in [0.15, 0.2) is 0 Å². The van der Waals surface area contributed by atoms with Gasteiger partial charge in [0.25, 0.3) is 0 Å². The van der Waals surface area contributed by atoms with Crippen molar-refractivity contribution in [2.45, 2.75) is 20.4 Å². The number of esters is 1. The van der Waals surface area contributed by atoms with E-state index < -0.39 is 5.41 Å². The molecule has 0 saturated heterocycles. The number of nitrogens with zero attached hydrogens (tertiary/aromatic N) is 1. The molecule has 0 amide bonds. The van der Waals surface area contributed by atoms with Crippen molar-refractivity contribution in [2.75, 3.05) is 20.8 Å². The molecule has 5 heteroatoms. The lowest BCUT2D eigenvalue weighted by molar-refractivity contribution is -0.152. The van der Waals surface area contributed by atoms with Gasteiger partial charge < -0.3 is 14.8 Å². The highest BCUT2D eigenvalue weighted by Crippen LogP contribution is 2.19. The Morgan fingerprint density at radius 1 is 1.44 bits per heavy atom. The molecule has 0 atom stereocenters. The minimum atomic E-state index is -0.668. The van der Waals surface area contributed by atoms with Crippen LogP contribution in [0.25, 0.3) is 0 Å². The van der Waals surface area contributed by atoms with Gasteiger partial charge in [-0.2, -0.15) is 0 Å². The molecule has 1 rings (SSSR count). The fourth-order valence-electron chi connectivity index (χ4n) is 1.38. The Morgan fingerprint density at radius 2 is 2.17 bits per heavy atom. The molecular formula is C13H20N2O3. The number of rotatable bonds is 6. The van der Waals surface area contributed by atoms with Crippen LogP contribution in [-0.2, 0) is 16.1 Å². The fourth-order valence-corrected chi connectivity index (χ4v) is 1.38. The Hall–Kier alpha value is -1.62. The highest BCUT2D eigenvalue weighted by atomic mass is 16.5. The third-order valence-corrected chi connectivity index (χ3v) is 2.49. The average molecular weight is 252 g/mol. The van der Waals surface area contributed by atoms with E-state index in [2.05, 4.69) is 10.3 Å². The third kappa shape index (κ3) is 4.00. The molecule has 0 unspecified atom stereocenters. The van der Waals surface area contributed by atoms with Crippen molar-refractivity contribution in [3.63, 3.8) is 0 Å². The monoisotopic (exact) mass is 252 g/mol. The van der Waals surface area contributed by atoms with Crippen molar-refractivity contribution in [3.05, 3.63) is 24.0 Å². The number of nitrogens with one attached hydrogen (secondary N) is 1. The Bertz CT molecular complexity index is 388. The van der Waals surface area contributed by atoms with Crippen molar-refractivity contribution in [2.24, 2.45) is 5.41 Å². The molecule has 1 N–H and O–H groups in total. The van der Waals surface area contributed by atoms with Crippen LogP contribution in [0, 0.1) is 5.41 Å². The molecular weight excluding hydrogens is 232 g/mol. The van der Waals surface area contributed by atoms with Gasteiger partial charge in [-0.25, -0.2) is 0 Å². The highest BCUT2D eigenvalue weighted by molar-refractivity contribution is 5.75. The smallest absolute Gasteiger partial charge is 0.314 e. The second-order valence-electron chi connectivity index (χ2n) is 4.68. The normalized spacial score (nSPS) is 11.1. The number of hydrogen-bond acceptors (Lipinski definition) is 5. The second kappa shape index (κ2) is 6.35. The molecule has 0 aromatic carbocycles. The molecule has 0 aliphatic rings. The Labute approximate surface area is 108 Å². The zero-order valence-corrected chi connectivity index (χ0v) is 11.3. The molecule has 0 bridgehead atoms. The minimum Gasteiger partial charge on any atom is -0.491 e. The zero-order chi connectivity index (χ0) is 13.6. The van der Waals surface area contributed by atoms with Crippen LogP contribution in [0.3, 0.4) is 0 Å². The van der Waals surface area contributed by atoms with E-state index in [0.29, 0.717) is 12.3 Å². The third-order valence-electron chi connectivity index (χ3n) is 2.49. The number of hydrogen-bond donors (Lipinski definition) is 1. The van der Waals surface area contributed by atoms with E-state index >= 15 is 0 Å². The van der Waals surface area contributed by atoms with E-state index in [4.69, 9.17) is 9.47 Å². The van der Waals surface area contributed by atoms with E-state index in [0.717, 1.165) is 5.69 Å². The average Bonchev–Trinajstić information content (AvgIpc) is 2.37. The van der Waals surface area contributed by atoms with Gasteiger partial charge in [-0.1, -0.05) is 0 Å². The first-order chi connectivity index (χ1) is 8.49. The molecule has 5 nitrogen and oxygen atoms in total. The topological polar surface area (TPSA) is 60.5 Å². The Morgan fingerprint density at radius 3 is 2.67 bits per heavy atom. The van der Waals surface area contributed by atoms with Crippen molar-refractivity contribution in [1.82, 2.24) is 10.3 Å². The first-order valence-corrected chi connectivity index (χ1v) is 5.80. The molecule has 0 aliphatic heterocycles. The molecule has 1 heterocycles. The number of aromatic nitrogens is 1. The lowest BCUT2D eigenvalue weighted by atomic mass is 9.95. The number of ether oxygens (including phenoxy) is 2. The van der Waals surface area contributed by atoms with Gasteiger partial charge in [-0.05, 0) is 33.0 Å². The van der Waals surface area contributed by atoms with E-state index in [1.165, 1.54) is 7.11 Å². The number of methoxy groups -OCH3 is 1. The van der Waals surface area contributed by atoms with Crippen molar-refractivity contribution >= 4 is 5.97 Å². The summed E-state index contributed by atoms with van der Waals surface area (Å²) in [5.41, 5.74) is 0.273. The van der Waals surface area contributed by atoms with E-state index in [1.54, 1.807) is 20.0 Å². The maximum atomic E-state index is 11.5. The Balaban J connectivity index is 2.55.